The van der Waals surface area contributed by atoms with Crippen LogP contribution in [0.15, 0.2) is 48.5 Å². The number of anilines is 1. The van der Waals surface area contributed by atoms with E-state index in [2.05, 4.69) is 15.7 Å². The van der Waals surface area contributed by atoms with Crippen molar-refractivity contribution in [1.29, 1.82) is 0 Å². The van der Waals surface area contributed by atoms with Crippen LogP contribution in [0.2, 0.25) is 0 Å². The SMILES string of the molecule is CC(=O)N[C@H](C)CC(=O)Nc1nn(Cc2ccccc2)c2cc(OC(C)C)ccc12. The minimum absolute atomic E-state index is 0.0578. The van der Waals surface area contributed by atoms with Gasteiger partial charge in [-0.05, 0) is 38.5 Å². The van der Waals surface area contributed by atoms with Gasteiger partial charge < -0.3 is 15.4 Å². The van der Waals surface area contributed by atoms with Crippen LogP contribution in [0.4, 0.5) is 5.82 Å². The molecule has 7 nitrogen and oxygen atoms in total. The second-order valence-corrected chi connectivity index (χ2v) is 7.69. The molecule has 0 radical (unpaired) electrons. The molecule has 3 rings (SSSR count). The summed E-state index contributed by atoms with van der Waals surface area (Å²) in [5.74, 6) is 0.886. The highest BCUT2D eigenvalue weighted by atomic mass is 16.5. The van der Waals surface area contributed by atoms with Gasteiger partial charge in [0.05, 0.1) is 18.2 Å². The number of hydrogen-bond donors (Lipinski definition) is 2. The zero-order valence-electron chi connectivity index (χ0n) is 17.8. The van der Waals surface area contributed by atoms with Crippen molar-refractivity contribution < 1.29 is 14.3 Å². The minimum atomic E-state index is -0.258. The Hall–Kier alpha value is -3.35. The van der Waals surface area contributed by atoms with Crippen molar-refractivity contribution >= 4 is 28.5 Å². The normalized spacial score (nSPS) is 12.0. The average Bonchev–Trinajstić information content (AvgIpc) is 2.97. The van der Waals surface area contributed by atoms with E-state index in [9.17, 15) is 9.59 Å². The summed E-state index contributed by atoms with van der Waals surface area (Å²) in [5, 5.41) is 11.1. The maximum atomic E-state index is 12.5. The van der Waals surface area contributed by atoms with Gasteiger partial charge in [-0.2, -0.15) is 5.10 Å². The topological polar surface area (TPSA) is 85.3 Å². The number of carbonyl (C=O) groups excluding carboxylic acids is 2. The van der Waals surface area contributed by atoms with Gasteiger partial charge in [-0.15, -0.1) is 0 Å². The third-order valence-electron chi connectivity index (χ3n) is 4.47. The third kappa shape index (κ3) is 5.59. The van der Waals surface area contributed by atoms with Crippen molar-refractivity contribution in [3.05, 3.63) is 54.1 Å². The predicted octanol–water partition coefficient (Wildman–Crippen LogP) is 3.73. The number of nitrogens with one attached hydrogen (secondary N) is 2. The molecule has 2 amide bonds. The lowest BCUT2D eigenvalue weighted by atomic mass is 10.2. The van der Waals surface area contributed by atoms with Crippen LogP contribution in [0.25, 0.3) is 10.9 Å². The maximum absolute atomic E-state index is 12.5. The molecule has 30 heavy (non-hydrogen) atoms. The number of aromatic nitrogens is 2. The molecule has 0 unspecified atom stereocenters. The Bertz CT molecular complexity index is 1030. The lowest BCUT2D eigenvalue weighted by Gasteiger charge is -2.11. The number of fused-ring (bicyclic) bond motifs is 1. The summed E-state index contributed by atoms with van der Waals surface area (Å²) in [6, 6.07) is 15.5. The molecule has 0 aliphatic rings. The summed E-state index contributed by atoms with van der Waals surface area (Å²) in [7, 11) is 0. The molecule has 0 aliphatic carbocycles. The number of rotatable bonds is 8. The van der Waals surface area contributed by atoms with Gasteiger partial charge in [0.25, 0.3) is 0 Å². The number of benzene rings is 2. The van der Waals surface area contributed by atoms with Crippen LogP contribution < -0.4 is 15.4 Å². The van der Waals surface area contributed by atoms with Gasteiger partial charge in [-0.25, -0.2) is 0 Å². The van der Waals surface area contributed by atoms with E-state index in [4.69, 9.17) is 4.74 Å². The second kappa shape index (κ2) is 9.43. The number of amides is 2. The van der Waals surface area contributed by atoms with Gasteiger partial charge in [0.2, 0.25) is 11.8 Å². The first-order valence-electron chi connectivity index (χ1n) is 10.1. The number of ether oxygens (including phenoxy) is 1. The Morgan fingerprint density at radius 2 is 1.83 bits per heavy atom. The van der Waals surface area contributed by atoms with E-state index in [-0.39, 0.29) is 30.4 Å². The second-order valence-electron chi connectivity index (χ2n) is 7.69. The van der Waals surface area contributed by atoms with Crippen LogP contribution in [-0.4, -0.2) is 33.7 Å². The first-order valence-corrected chi connectivity index (χ1v) is 10.1. The van der Waals surface area contributed by atoms with Crippen LogP contribution in [-0.2, 0) is 16.1 Å². The Morgan fingerprint density at radius 3 is 2.50 bits per heavy atom. The van der Waals surface area contributed by atoms with Crippen molar-refractivity contribution in [2.75, 3.05) is 5.32 Å². The van der Waals surface area contributed by atoms with Gasteiger partial charge in [-0.1, -0.05) is 30.3 Å². The Labute approximate surface area is 176 Å². The van der Waals surface area contributed by atoms with Crippen LogP contribution in [0.3, 0.4) is 0 Å². The van der Waals surface area contributed by atoms with Gasteiger partial charge >= 0.3 is 0 Å². The molecule has 1 aromatic heterocycles. The van der Waals surface area contributed by atoms with Crippen LogP contribution in [0, 0.1) is 0 Å². The summed E-state index contributed by atoms with van der Waals surface area (Å²) >= 11 is 0. The molecular weight excluding hydrogens is 380 g/mol. The summed E-state index contributed by atoms with van der Waals surface area (Å²) < 4.78 is 7.70. The maximum Gasteiger partial charge on any atom is 0.227 e. The van der Waals surface area contributed by atoms with Crippen molar-refractivity contribution in [3.63, 3.8) is 0 Å². The molecule has 1 atom stereocenters. The van der Waals surface area contributed by atoms with Gasteiger partial charge in [0.15, 0.2) is 5.82 Å². The van der Waals surface area contributed by atoms with E-state index in [1.165, 1.54) is 6.92 Å². The first kappa shape index (κ1) is 21.4. The van der Waals surface area contributed by atoms with E-state index in [1.54, 1.807) is 6.92 Å². The summed E-state index contributed by atoms with van der Waals surface area (Å²) in [5.41, 5.74) is 1.98. The average molecular weight is 409 g/mol. The Kier molecular flexibility index (Phi) is 6.72. The molecule has 0 bridgehead atoms. The third-order valence-corrected chi connectivity index (χ3v) is 4.47. The molecule has 1 heterocycles. The fourth-order valence-corrected chi connectivity index (χ4v) is 3.33. The zero-order valence-corrected chi connectivity index (χ0v) is 17.8. The zero-order chi connectivity index (χ0) is 21.7. The first-order chi connectivity index (χ1) is 14.3. The van der Waals surface area contributed by atoms with Crippen molar-refractivity contribution in [3.8, 4) is 5.75 Å². The summed E-state index contributed by atoms with van der Waals surface area (Å²) in [4.78, 5) is 23.7. The van der Waals surface area contributed by atoms with Crippen LogP contribution in [0.5, 0.6) is 5.75 Å². The molecule has 7 heteroatoms. The van der Waals surface area contributed by atoms with Gasteiger partial charge in [-0.3, -0.25) is 14.3 Å². The molecule has 0 aliphatic heterocycles. The highest BCUT2D eigenvalue weighted by Crippen LogP contribution is 2.28. The van der Waals surface area contributed by atoms with E-state index in [0.29, 0.717) is 12.4 Å². The standard InChI is InChI=1S/C23H28N4O3/c1-15(2)30-19-10-11-20-21(13-19)27(14-18-8-6-5-7-9-18)26-23(20)25-22(29)12-16(3)24-17(4)28/h5-11,13,15-16H,12,14H2,1-4H3,(H,24,28)(H,25,26,29)/t16-/m1/s1. The molecule has 2 aromatic carbocycles. The van der Waals surface area contributed by atoms with E-state index in [0.717, 1.165) is 22.2 Å². The molecule has 3 aromatic rings. The molecule has 158 valence electrons. The quantitative estimate of drug-likeness (QED) is 0.595. The number of carbonyl (C=O) groups is 2. The van der Waals surface area contributed by atoms with Crippen molar-refractivity contribution in [2.45, 2.75) is 52.8 Å². The molecule has 0 saturated heterocycles. The fraction of sp³-hybridized carbons (Fsp3) is 0.348. The summed E-state index contributed by atoms with van der Waals surface area (Å²) in [6.45, 7) is 7.76. The molecular formula is C23H28N4O3. The minimum Gasteiger partial charge on any atom is -0.491 e. The number of hydrogen-bond acceptors (Lipinski definition) is 4. The molecule has 2 N–H and O–H groups in total. The van der Waals surface area contributed by atoms with E-state index in [1.807, 2.05) is 67.1 Å². The Morgan fingerprint density at radius 1 is 1.10 bits per heavy atom. The van der Waals surface area contributed by atoms with E-state index < -0.39 is 0 Å². The Balaban J connectivity index is 1.89. The van der Waals surface area contributed by atoms with E-state index >= 15 is 0 Å². The van der Waals surface area contributed by atoms with Crippen LogP contribution >= 0.6 is 0 Å². The summed E-state index contributed by atoms with van der Waals surface area (Å²) in [6.07, 6.45) is 0.226. The monoisotopic (exact) mass is 408 g/mol. The van der Waals surface area contributed by atoms with Crippen molar-refractivity contribution in [1.82, 2.24) is 15.1 Å². The lowest BCUT2D eigenvalue weighted by molar-refractivity contribution is -0.120. The predicted molar refractivity (Wildman–Crippen MR) is 118 cm³/mol. The molecule has 0 spiro atoms. The van der Waals surface area contributed by atoms with Gasteiger partial charge in [0, 0.05) is 30.8 Å². The molecule has 0 saturated carbocycles. The highest BCUT2D eigenvalue weighted by Gasteiger charge is 2.16. The highest BCUT2D eigenvalue weighted by molar-refractivity contribution is 6.00. The van der Waals surface area contributed by atoms with Crippen LogP contribution in [0.1, 0.15) is 39.7 Å². The molecule has 0 fully saturated rings. The largest absolute Gasteiger partial charge is 0.491 e. The lowest BCUT2D eigenvalue weighted by Crippen LogP contribution is -2.33. The fourth-order valence-electron chi connectivity index (χ4n) is 3.33. The smallest absolute Gasteiger partial charge is 0.227 e. The van der Waals surface area contributed by atoms with Crippen molar-refractivity contribution in [2.24, 2.45) is 0 Å². The number of nitrogens with zero attached hydrogens (tertiary/aromatic N) is 2. The van der Waals surface area contributed by atoms with Gasteiger partial charge in [0.1, 0.15) is 5.75 Å².